The molecule has 0 spiro atoms. The summed E-state index contributed by atoms with van der Waals surface area (Å²) in [6.45, 7) is 6.01. The molecule has 3 rings (SSSR count). The van der Waals surface area contributed by atoms with Crippen LogP contribution in [0.3, 0.4) is 0 Å². The number of aromatic nitrogens is 2. The van der Waals surface area contributed by atoms with E-state index in [1.165, 1.54) is 10.9 Å². The van der Waals surface area contributed by atoms with Crippen LogP contribution < -0.4 is 5.56 Å². The molecular weight excluding hydrogens is 380 g/mol. The molecule has 0 unspecified atom stereocenters. The minimum Gasteiger partial charge on any atom is -0.462 e. The van der Waals surface area contributed by atoms with E-state index < -0.39 is 11.9 Å². The fraction of sp³-hybridized carbons (Fsp3) is 0.300. The SMILES string of the molecule is CCOC(=O)c1cccc(Cn2cnc3sc(C(=O)OCC)c(C)c3c2=O)c1. The zero-order valence-electron chi connectivity index (χ0n) is 15.9. The normalized spacial score (nSPS) is 10.8. The summed E-state index contributed by atoms with van der Waals surface area (Å²) in [5.41, 5.74) is 1.53. The summed E-state index contributed by atoms with van der Waals surface area (Å²) in [6.07, 6.45) is 1.45. The molecule has 7 nitrogen and oxygen atoms in total. The third-order valence-corrected chi connectivity index (χ3v) is 5.35. The van der Waals surface area contributed by atoms with Crippen molar-refractivity contribution < 1.29 is 19.1 Å². The minimum atomic E-state index is -0.448. The first-order chi connectivity index (χ1) is 13.5. The Bertz CT molecular complexity index is 1100. The van der Waals surface area contributed by atoms with E-state index in [0.29, 0.717) is 32.8 Å². The van der Waals surface area contributed by atoms with Gasteiger partial charge in [0.1, 0.15) is 9.71 Å². The summed E-state index contributed by atoms with van der Waals surface area (Å²) in [5, 5.41) is 0.414. The van der Waals surface area contributed by atoms with Gasteiger partial charge in [0.05, 0.1) is 37.0 Å². The third kappa shape index (κ3) is 3.82. The highest BCUT2D eigenvalue weighted by Crippen LogP contribution is 2.27. The lowest BCUT2D eigenvalue weighted by atomic mass is 10.1. The molecule has 2 heterocycles. The standard InChI is InChI=1S/C20H20N2O5S/c1-4-26-19(24)14-8-6-7-13(9-14)10-22-11-21-17-15(18(22)23)12(3)16(28-17)20(25)27-5-2/h6-9,11H,4-5,10H2,1-3H3. The molecule has 0 aliphatic rings. The van der Waals surface area contributed by atoms with Crippen molar-refractivity contribution in [1.82, 2.24) is 9.55 Å². The second-order valence-corrected chi connectivity index (χ2v) is 7.05. The van der Waals surface area contributed by atoms with Gasteiger partial charge in [0.25, 0.3) is 5.56 Å². The van der Waals surface area contributed by atoms with Gasteiger partial charge in [0.15, 0.2) is 0 Å². The Kier molecular flexibility index (Phi) is 5.89. The molecule has 0 atom stereocenters. The summed E-state index contributed by atoms with van der Waals surface area (Å²) >= 11 is 1.15. The Morgan fingerprint density at radius 2 is 1.86 bits per heavy atom. The van der Waals surface area contributed by atoms with Crippen molar-refractivity contribution >= 4 is 33.5 Å². The van der Waals surface area contributed by atoms with Crippen molar-refractivity contribution in [3.05, 3.63) is 62.5 Å². The summed E-state index contributed by atoms with van der Waals surface area (Å²) < 4.78 is 11.5. The van der Waals surface area contributed by atoms with Crippen LogP contribution in [0.4, 0.5) is 0 Å². The predicted molar refractivity (Wildman–Crippen MR) is 106 cm³/mol. The fourth-order valence-electron chi connectivity index (χ4n) is 2.87. The van der Waals surface area contributed by atoms with Crippen LogP contribution in [0.5, 0.6) is 0 Å². The molecule has 0 radical (unpaired) electrons. The molecular formula is C20H20N2O5S. The van der Waals surface area contributed by atoms with E-state index in [-0.39, 0.29) is 18.7 Å². The Labute approximate surface area is 165 Å². The van der Waals surface area contributed by atoms with Crippen LogP contribution in [-0.4, -0.2) is 34.7 Å². The maximum atomic E-state index is 13.0. The summed E-state index contributed by atoms with van der Waals surface area (Å²) in [7, 11) is 0. The maximum absolute atomic E-state index is 13.0. The number of ether oxygens (including phenoxy) is 2. The lowest BCUT2D eigenvalue weighted by Crippen LogP contribution is -2.21. The van der Waals surface area contributed by atoms with Crippen molar-refractivity contribution in [2.75, 3.05) is 13.2 Å². The predicted octanol–water partition coefficient (Wildman–Crippen LogP) is 3.17. The molecule has 2 aromatic heterocycles. The molecule has 0 amide bonds. The number of fused-ring (bicyclic) bond motifs is 1. The van der Waals surface area contributed by atoms with Crippen molar-refractivity contribution in [2.45, 2.75) is 27.3 Å². The number of aryl methyl sites for hydroxylation is 1. The number of hydrogen-bond acceptors (Lipinski definition) is 7. The number of nitrogens with zero attached hydrogens (tertiary/aromatic N) is 2. The monoisotopic (exact) mass is 400 g/mol. The van der Waals surface area contributed by atoms with Gasteiger partial charge in [0.2, 0.25) is 0 Å². The average Bonchev–Trinajstić information content (AvgIpc) is 3.02. The summed E-state index contributed by atoms with van der Waals surface area (Å²) in [6, 6.07) is 6.93. The van der Waals surface area contributed by atoms with Gasteiger partial charge >= 0.3 is 11.9 Å². The van der Waals surface area contributed by atoms with Gasteiger partial charge < -0.3 is 9.47 Å². The zero-order chi connectivity index (χ0) is 20.3. The molecule has 146 valence electrons. The van der Waals surface area contributed by atoms with Crippen LogP contribution >= 0.6 is 11.3 Å². The van der Waals surface area contributed by atoms with E-state index in [4.69, 9.17) is 9.47 Å². The molecule has 0 saturated heterocycles. The molecule has 3 aromatic rings. The quantitative estimate of drug-likeness (QED) is 0.591. The van der Waals surface area contributed by atoms with E-state index in [9.17, 15) is 14.4 Å². The maximum Gasteiger partial charge on any atom is 0.348 e. The molecule has 28 heavy (non-hydrogen) atoms. The molecule has 0 N–H and O–H groups in total. The smallest absolute Gasteiger partial charge is 0.348 e. The van der Waals surface area contributed by atoms with Gasteiger partial charge in [-0.3, -0.25) is 9.36 Å². The average molecular weight is 400 g/mol. The summed E-state index contributed by atoms with van der Waals surface area (Å²) in [4.78, 5) is 42.2. The zero-order valence-corrected chi connectivity index (χ0v) is 16.7. The van der Waals surface area contributed by atoms with Crippen LogP contribution in [0.15, 0.2) is 35.4 Å². The van der Waals surface area contributed by atoms with Crippen LogP contribution in [0, 0.1) is 6.92 Å². The second-order valence-electron chi connectivity index (χ2n) is 6.06. The lowest BCUT2D eigenvalue weighted by Gasteiger charge is -2.08. The molecule has 0 aliphatic carbocycles. The number of benzene rings is 1. The molecule has 0 aliphatic heterocycles. The lowest BCUT2D eigenvalue weighted by molar-refractivity contribution is 0.0519. The number of rotatable bonds is 6. The van der Waals surface area contributed by atoms with Gasteiger partial charge in [-0.1, -0.05) is 12.1 Å². The first-order valence-electron chi connectivity index (χ1n) is 8.88. The number of carbonyl (C=O) groups excluding carboxylic acids is 2. The summed E-state index contributed by atoms with van der Waals surface area (Å²) in [5.74, 6) is -0.853. The first-order valence-corrected chi connectivity index (χ1v) is 9.69. The molecule has 1 aromatic carbocycles. The van der Waals surface area contributed by atoms with E-state index in [1.807, 2.05) is 6.07 Å². The highest BCUT2D eigenvalue weighted by molar-refractivity contribution is 7.20. The van der Waals surface area contributed by atoms with Crippen molar-refractivity contribution in [3.8, 4) is 0 Å². The van der Waals surface area contributed by atoms with E-state index in [2.05, 4.69) is 4.98 Å². The fourth-order valence-corrected chi connectivity index (χ4v) is 3.90. The van der Waals surface area contributed by atoms with Gasteiger partial charge in [-0.05, 0) is 44.0 Å². The van der Waals surface area contributed by atoms with E-state index >= 15 is 0 Å². The Morgan fingerprint density at radius 3 is 2.57 bits per heavy atom. The minimum absolute atomic E-state index is 0.240. The van der Waals surface area contributed by atoms with Crippen molar-refractivity contribution in [2.24, 2.45) is 0 Å². The van der Waals surface area contributed by atoms with Crippen LogP contribution in [-0.2, 0) is 16.0 Å². The topological polar surface area (TPSA) is 87.5 Å². The Morgan fingerprint density at radius 1 is 1.14 bits per heavy atom. The highest BCUT2D eigenvalue weighted by atomic mass is 32.1. The van der Waals surface area contributed by atoms with Crippen LogP contribution in [0.25, 0.3) is 10.2 Å². The Hall–Kier alpha value is -3.00. The second kappa shape index (κ2) is 8.35. The molecule has 0 bridgehead atoms. The largest absolute Gasteiger partial charge is 0.462 e. The number of hydrogen-bond donors (Lipinski definition) is 0. The Balaban J connectivity index is 1.97. The van der Waals surface area contributed by atoms with Gasteiger partial charge in [0, 0.05) is 0 Å². The first kappa shape index (κ1) is 19.8. The van der Waals surface area contributed by atoms with Gasteiger partial charge in [-0.2, -0.15) is 0 Å². The van der Waals surface area contributed by atoms with Gasteiger partial charge in [-0.15, -0.1) is 11.3 Å². The number of esters is 2. The molecule has 0 saturated carbocycles. The van der Waals surface area contributed by atoms with Crippen LogP contribution in [0.1, 0.15) is 45.0 Å². The van der Waals surface area contributed by atoms with E-state index in [0.717, 1.165) is 16.9 Å². The molecule has 0 fully saturated rings. The number of thiophene rings is 1. The highest BCUT2D eigenvalue weighted by Gasteiger charge is 2.20. The van der Waals surface area contributed by atoms with Crippen molar-refractivity contribution in [3.63, 3.8) is 0 Å². The van der Waals surface area contributed by atoms with Crippen LogP contribution in [0.2, 0.25) is 0 Å². The molecule has 8 heteroatoms. The third-order valence-electron chi connectivity index (χ3n) is 4.17. The van der Waals surface area contributed by atoms with Crippen molar-refractivity contribution in [1.29, 1.82) is 0 Å². The van der Waals surface area contributed by atoms with E-state index in [1.54, 1.807) is 39.0 Å². The van der Waals surface area contributed by atoms with Gasteiger partial charge in [-0.25, -0.2) is 14.6 Å². The number of carbonyl (C=O) groups is 2.